The van der Waals surface area contributed by atoms with Gasteiger partial charge < -0.3 is 15.7 Å². The lowest BCUT2D eigenvalue weighted by Crippen LogP contribution is -2.40. The van der Waals surface area contributed by atoms with Gasteiger partial charge in [0.2, 0.25) is 0 Å². The Morgan fingerprint density at radius 3 is 2.27 bits per heavy atom. The van der Waals surface area contributed by atoms with E-state index >= 15 is 0 Å². The Labute approximate surface area is 128 Å². The van der Waals surface area contributed by atoms with Crippen LogP contribution in [0.4, 0.5) is 23.7 Å². The second kappa shape index (κ2) is 7.59. The highest BCUT2D eigenvalue weighted by atomic mass is 32.2. The third kappa shape index (κ3) is 5.30. The predicted octanol–water partition coefficient (Wildman–Crippen LogP) is 2.45. The van der Waals surface area contributed by atoms with Gasteiger partial charge in [-0.25, -0.2) is 9.00 Å². The highest BCUT2D eigenvalue weighted by Gasteiger charge is 2.37. The number of hydrogen-bond acceptors (Lipinski definition) is 3. The van der Waals surface area contributed by atoms with Crippen LogP contribution in [0.25, 0.3) is 0 Å². The standard InChI is InChI=1S/C13H17F3N2O3S/c1-8(7-19)9(2)17-12(20)18-10-3-5-11(6-4-10)22(21)13(14,15)16/h3-6,8-9,19H,7H2,1-2H3,(H2,17,18,20). The number of carbonyl (C=O) groups is 1. The molecular formula is C13H17F3N2O3S. The maximum Gasteiger partial charge on any atom is 0.475 e. The summed E-state index contributed by atoms with van der Waals surface area (Å²) in [7, 11) is -3.09. The number of carbonyl (C=O) groups excluding carboxylic acids is 1. The van der Waals surface area contributed by atoms with Gasteiger partial charge in [0, 0.05) is 23.2 Å². The van der Waals surface area contributed by atoms with E-state index in [1.54, 1.807) is 13.8 Å². The molecule has 1 aromatic rings. The Kier molecular flexibility index (Phi) is 6.36. The lowest BCUT2D eigenvalue weighted by molar-refractivity contribution is -0.0384. The SMILES string of the molecule is CC(CO)C(C)NC(=O)Nc1ccc(S(=O)C(F)(F)F)cc1. The molecule has 9 heteroatoms. The Balaban J connectivity index is 2.65. The Hall–Kier alpha value is -1.61. The zero-order valence-electron chi connectivity index (χ0n) is 12.0. The lowest BCUT2D eigenvalue weighted by Gasteiger charge is -2.19. The minimum Gasteiger partial charge on any atom is -0.396 e. The van der Waals surface area contributed by atoms with Crippen molar-refractivity contribution >= 4 is 22.5 Å². The number of benzene rings is 1. The predicted molar refractivity (Wildman–Crippen MR) is 76.8 cm³/mol. The molecule has 3 N–H and O–H groups in total. The number of alkyl halides is 3. The summed E-state index contributed by atoms with van der Waals surface area (Å²) in [4.78, 5) is 11.3. The summed E-state index contributed by atoms with van der Waals surface area (Å²) < 4.78 is 48.0. The molecule has 0 aliphatic rings. The molecule has 0 aromatic heterocycles. The van der Waals surface area contributed by atoms with Crippen LogP contribution < -0.4 is 10.6 Å². The smallest absolute Gasteiger partial charge is 0.396 e. The average Bonchev–Trinajstić information content (AvgIpc) is 2.45. The molecule has 0 saturated heterocycles. The molecular weight excluding hydrogens is 321 g/mol. The first-order chi connectivity index (χ1) is 10.1. The molecule has 1 rings (SSSR count). The van der Waals surface area contributed by atoms with Gasteiger partial charge in [0.05, 0.1) is 0 Å². The summed E-state index contributed by atoms with van der Waals surface area (Å²) in [6.45, 7) is 3.39. The molecule has 22 heavy (non-hydrogen) atoms. The van der Waals surface area contributed by atoms with E-state index < -0.39 is 22.3 Å². The van der Waals surface area contributed by atoms with Gasteiger partial charge in [-0.3, -0.25) is 0 Å². The average molecular weight is 338 g/mol. The van der Waals surface area contributed by atoms with E-state index in [9.17, 15) is 22.2 Å². The molecule has 0 bridgehead atoms. The fraction of sp³-hybridized carbons (Fsp3) is 0.462. The van der Waals surface area contributed by atoms with Crippen LogP contribution in [0.3, 0.4) is 0 Å². The number of anilines is 1. The van der Waals surface area contributed by atoms with Crippen LogP contribution in [0.2, 0.25) is 0 Å². The molecule has 0 saturated carbocycles. The summed E-state index contributed by atoms with van der Waals surface area (Å²) in [5, 5.41) is 14.0. The van der Waals surface area contributed by atoms with Crippen LogP contribution in [-0.2, 0) is 10.8 Å². The van der Waals surface area contributed by atoms with E-state index in [1.807, 2.05) is 0 Å². The molecule has 5 nitrogen and oxygen atoms in total. The summed E-state index contributed by atoms with van der Waals surface area (Å²) in [5.41, 5.74) is -4.55. The molecule has 0 spiro atoms. The number of hydrogen-bond donors (Lipinski definition) is 3. The van der Waals surface area contributed by atoms with Crippen molar-refractivity contribution in [3.63, 3.8) is 0 Å². The highest BCUT2D eigenvalue weighted by Crippen LogP contribution is 2.26. The molecule has 124 valence electrons. The lowest BCUT2D eigenvalue weighted by atomic mass is 10.1. The summed E-state index contributed by atoms with van der Waals surface area (Å²) in [5.74, 6) is -0.137. The van der Waals surface area contributed by atoms with Crippen LogP contribution in [0.5, 0.6) is 0 Å². The van der Waals surface area contributed by atoms with Gasteiger partial charge >= 0.3 is 11.5 Å². The zero-order chi connectivity index (χ0) is 16.9. The van der Waals surface area contributed by atoms with E-state index in [2.05, 4.69) is 10.6 Å². The van der Waals surface area contributed by atoms with Crippen molar-refractivity contribution in [3.8, 4) is 0 Å². The largest absolute Gasteiger partial charge is 0.475 e. The van der Waals surface area contributed by atoms with Crippen LogP contribution in [-0.4, -0.2) is 33.5 Å². The Bertz CT molecular complexity index is 534. The molecule has 0 aliphatic carbocycles. The van der Waals surface area contributed by atoms with Crippen molar-refractivity contribution in [1.82, 2.24) is 5.32 Å². The molecule has 1 aromatic carbocycles. The normalized spacial score (nSPS) is 15.7. The molecule has 2 amide bonds. The maximum atomic E-state index is 12.3. The van der Waals surface area contributed by atoms with Gasteiger partial charge in [0.25, 0.3) is 0 Å². The Morgan fingerprint density at radius 2 is 1.82 bits per heavy atom. The van der Waals surface area contributed by atoms with Crippen molar-refractivity contribution < 1.29 is 27.3 Å². The van der Waals surface area contributed by atoms with Crippen molar-refractivity contribution in [2.45, 2.75) is 30.3 Å². The molecule has 3 atom stereocenters. The van der Waals surface area contributed by atoms with E-state index in [-0.39, 0.29) is 29.1 Å². The van der Waals surface area contributed by atoms with E-state index in [4.69, 9.17) is 5.11 Å². The third-order valence-electron chi connectivity index (χ3n) is 3.04. The fourth-order valence-electron chi connectivity index (χ4n) is 1.47. The molecule has 0 aliphatic heterocycles. The summed E-state index contributed by atoms with van der Waals surface area (Å²) in [6, 6.07) is 3.73. The first-order valence-corrected chi connectivity index (χ1v) is 7.57. The second-order valence-corrected chi connectivity index (χ2v) is 6.26. The van der Waals surface area contributed by atoms with E-state index in [1.165, 1.54) is 12.1 Å². The van der Waals surface area contributed by atoms with Crippen molar-refractivity contribution in [1.29, 1.82) is 0 Å². The van der Waals surface area contributed by atoms with Gasteiger partial charge in [-0.1, -0.05) is 6.92 Å². The van der Waals surface area contributed by atoms with Crippen molar-refractivity contribution in [2.75, 3.05) is 11.9 Å². The molecule has 0 fully saturated rings. The van der Waals surface area contributed by atoms with Crippen LogP contribution in [0.15, 0.2) is 29.2 Å². The Morgan fingerprint density at radius 1 is 1.27 bits per heavy atom. The zero-order valence-corrected chi connectivity index (χ0v) is 12.8. The minimum atomic E-state index is -4.82. The van der Waals surface area contributed by atoms with Crippen LogP contribution in [0, 0.1) is 5.92 Å². The second-order valence-electron chi connectivity index (χ2n) is 4.79. The highest BCUT2D eigenvalue weighted by molar-refractivity contribution is 7.86. The van der Waals surface area contributed by atoms with Crippen molar-refractivity contribution in [2.24, 2.45) is 5.92 Å². The van der Waals surface area contributed by atoms with Gasteiger partial charge in [-0.05, 0) is 37.1 Å². The van der Waals surface area contributed by atoms with Gasteiger partial charge in [-0.15, -0.1) is 0 Å². The summed E-state index contributed by atoms with van der Waals surface area (Å²) >= 11 is 0. The van der Waals surface area contributed by atoms with E-state index in [0.717, 1.165) is 12.1 Å². The van der Waals surface area contributed by atoms with Crippen molar-refractivity contribution in [3.05, 3.63) is 24.3 Å². The molecule has 0 radical (unpaired) electrons. The third-order valence-corrected chi connectivity index (χ3v) is 4.16. The molecule has 3 unspecified atom stereocenters. The first kappa shape index (κ1) is 18.4. The minimum absolute atomic E-state index is 0.0839. The van der Waals surface area contributed by atoms with E-state index in [0.29, 0.717) is 0 Å². The van der Waals surface area contributed by atoms with Gasteiger partial charge in [0.1, 0.15) is 0 Å². The number of aliphatic hydroxyl groups is 1. The maximum absolute atomic E-state index is 12.3. The monoisotopic (exact) mass is 338 g/mol. The van der Waals surface area contributed by atoms with Gasteiger partial charge in [-0.2, -0.15) is 13.2 Å². The molecule has 0 heterocycles. The number of rotatable bonds is 5. The topological polar surface area (TPSA) is 78.4 Å². The number of aliphatic hydroxyl groups excluding tert-OH is 1. The number of nitrogens with one attached hydrogen (secondary N) is 2. The number of urea groups is 1. The first-order valence-electron chi connectivity index (χ1n) is 6.42. The van der Waals surface area contributed by atoms with Crippen LogP contribution in [0.1, 0.15) is 13.8 Å². The van der Waals surface area contributed by atoms with Crippen LogP contribution >= 0.6 is 0 Å². The fourth-order valence-corrected chi connectivity index (χ4v) is 2.12. The quantitative estimate of drug-likeness (QED) is 0.772. The number of amides is 2. The number of halogens is 3. The van der Waals surface area contributed by atoms with Gasteiger partial charge in [0.15, 0.2) is 10.8 Å². The summed E-state index contributed by atoms with van der Waals surface area (Å²) in [6.07, 6.45) is 0.